The first kappa shape index (κ1) is 22.7. The first-order valence-corrected chi connectivity index (χ1v) is 12.4. The van der Waals surface area contributed by atoms with Gasteiger partial charge >= 0.3 is 0 Å². The molecule has 0 aromatic heterocycles. The van der Waals surface area contributed by atoms with Gasteiger partial charge in [-0.05, 0) is 36.6 Å². The van der Waals surface area contributed by atoms with Crippen molar-refractivity contribution >= 4 is 33.2 Å². The van der Waals surface area contributed by atoms with Crippen LogP contribution in [0.4, 0.5) is 5.69 Å². The number of nitro benzene ring substituents is 1. The van der Waals surface area contributed by atoms with Gasteiger partial charge < -0.3 is 4.90 Å². The summed E-state index contributed by atoms with van der Waals surface area (Å²) in [4.78, 5) is 25.6. The summed E-state index contributed by atoms with van der Waals surface area (Å²) in [5.74, 6) is 0.0321. The van der Waals surface area contributed by atoms with E-state index < -0.39 is 20.4 Å². The van der Waals surface area contributed by atoms with Crippen molar-refractivity contribution in [1.82, 2.24) is 9.21 Å². The number of nitro groups is 1. The van der Waals surface area contributed by atoms with Crippen molar-refractivity contribution in [2.24, 2.45) is 0 Å². The Balaban J connectivity index is 1.50. The molecule has 2 aliphatic rings. The molecule has 1 heterocycles. The van der Waals surface area contributed by atoms with E-state index >= 15 is 0 Å². The number of carbonyl (C=O) groups excluding carboxylic acids is 1. The van der Waals surface area contributed by atoms with Crippen molar-refractivity contribution in [2.45, 2.75) is 36.0 Å². The number of amides is 1. The smallest absolute Gasteiger partial charge is 0.270 e. The van der Waals surface area contributed by atoms with E-state index in [9.17, 15) is 23.3 Å². The first-order valence-electron chi connectivity index (χ1n) is 10.5. The number of rotatable bonds is 5. The van der Waals surface area contributed by atoms with Crippen LogP contribution in [0.25, 0.3) is 0 Å². The van der Waals surface area contributed by atoms with Gasteiger partial charge in [0.25, 0.3) is 5.69 Å². The average molecular weight is 478 g/mol. The van der Waals surface area contributed by atoms with Crippen LogP contribution >= 0.6 is 11.6 Å². The van der Waals surface area contributed by atoms with Crippen molar-refractivity contribution in [1.29, 1.82) is 0 Å². The Morgan fingerprint density at radius 2 is 1.62 bits per heavy atom. The minimum atomic E-state index is -3.88. The molecule has 0 bridgehead atoms. The average Bonchev–Trinajstić information content (AvgIpc) is 3.30. The summed E-state index contributed by atoms with van der Waals surface area (Å²) in [6, 6.07) is 12.5. The second kappa shape index (κ2) is 8.80. The Morgan fingerprint density at radius 3 is 2.22 bits per heavy atom. The molecule has 0 atom stereocenters. The van der Waals surface area contributed by atoms with Crippen LogP contribution in [0.1, 0.15) is 31.2 Å². The van der Waals surface area contributed by atoms with Crippen LogP contribution in [0.15, 0.2) is 53.4 Å². The maximum atomic E-state index is 13.6. The summed E-state index contributed by atoms with van der Waals surface area (Å²) in [5.41, 5.74) is 0.0909. The van der Waals surface area contributed by atoms with Crippen molar-refractivity contribution in [3.63, 3.8) is 0 Å². The molecule has 32 heavy (non-hydrogen) atoms. The second-order valence-electron chi connectivity index (χ2n) is 8.25. The van der Waals surface area contributed by atoms with Crippen LogP contribution in [0, 0.1) is 10.1 Å². The van der Waals surface area contributed by atoms with Crippen molar-refractivity contribution in [3.8, 4) is 0 Å². The minimum absolute atomic E-state index is 0.0321. The molecule has 1 amide bonds. The van der Waals surface area contributed by atoms with Gasteiger partial charge in [-0.25, -0.2) is 8.42 Å². The highest BCUT2D eigenvalue weighted by molar-refractivity contribution is 7.89. The lowest BCUT2D eigenvalue weighted by molar-refractivity contribution is -0.385. The fourth-order valence-corrected chi connectivity index (χ4v) is 6.30. The van der Waals surface area contributed by atoms with Gasteiger partial charge in [0, 0.05) is 43.3 Å². The molecular weight excluding hydrogens is 454 g/mol. The Hall–Kier alpha value is -2.49. The Morgan fingerprint density at radius 1 is 1.00 bits per heavy atom. The van der Waals surface area contributed by atoms with Gasteiger partial charge in [0.15, 0.2) is 0 Å². The lowest BCUT2D eigenvalue weighted by Gasteiger charge is -2.39. The van der Waals surface area contributed by atoms with Crippen LogP contribution in [-0.4, -0.2) is 54.6 Å². The van der Waals surface area contributed by atoms with E-state index in [2.05, 4.69) is 0 Å². The SMILES string of the molecule is O=C(N1CCN(S(=O)(=O)c2cccc([N+](=O)[O-])c2)CC1)C1(c2ccc(Cl)cc2)CCCC1. The van der Waals surface area contributed by atoms with Crippen LogP contribution < -0.4 is 0 Å². The largest absolute Gasteiger partial charge is 0.339 e. The fourth-order valence-electron chi connectivity index (χ4n) is 4.71. The molecule has 170 valence electrons. The standard InChI is InChI=1S/C22H24ClN3O5S/c23-18-8-6-17(7-9-18)22(10-1-2-11-22)21(27)24-12-14-25(15-13-24)32(30,31)20-5-3-4-19(16-20)26(28)29/h3-9,16H,1-2,10-15H2. The fraction of sp³-hybridized carbons (Fsp3) is 0.409. The van der Waals surface area contributed by atoms with Gasteiger partial charge in [-0.3, -0.25) is 14.9 Å². The summed E-state index contributed by atoms with van der Waals surface area (Å²) < 4.78 is 27.3. The van der Waals surface area contributed by atoms with Crippen LogP contribution in [0.2, 0.25) is 5.02 Å². The molecule has 10 heteroatoms. The highest BCUT2D eigenvalue weighted by Crippen LogP contribution is 2.43. The number of nitrogens with zero attached hydrogens (tertiary/aromatic N) is 3. The quantitative estimate of drug-likeness (QED) is 0.483. The molecule has 2 aromatic carbocycles. The molecule has 0 radical (unpaired) electrons. The molecule has 8 nitrogen and oxygen atoms in total. The number of hydrogen-bond acceptors (Lipinski definition) is 5. The van der Waals surface area contributed by atoms with Crippen LogP contribution in [-0.2, 0) is 20.2 Å². The molecular formula is C22H24ClN3O5S. The van der Waals surface area contributed by atoms with Crippen molar-refractivity contribution in [2.75, 3.05) is 26.2 Å². The number of carbonyl (C=O) groups is 1. The summed E-state index contributed by atoms with van der Waals surface area (Å²) >= 11 is 6.03. The molecule has 2 fully saturated rings. The predicted octanol–water partition coefficient (Wildman–Crippen LogP) is 3.59. The van der Waals surface area contributed by atoms with E-state index in [0.29, 0.717) is 5.02 Å². The molecule has 0 N–H and O–H groups in total. The molecule has 1 saturated carbocycles. The minimum Gasteiger partial charge on any atom is -0.339 e. The summed E-state index contributed by atoms with van der Waals surface area (Å²) in [7, 11) is -3.88. The van der Waals surface area contributed by atoms with E-state index in [1.807, 2.05) is 12.1 Å². The zero-order valence-electron chi connectivity index (χ0n) is 17.4. The first-order chi connectivity index (χ1) is 15.2. The highest BCUT2D eigenvalue weighted by Gasteiger charge is 2.46. The lowest BCUT2D eigenvalue weighted by atomic mass is 9.77. The van der Waals surface area contributed by atoms with Crippen molar-refractivity contribution < 1.29 is 18.1 Å². The Bertz CT molecular complexity index is 1120. The van der Waals surface area contributed by atoms with Gasteiger partial charge in [-0.15, -0.1) is 0 Å². The van der Waals surface area contributed by atoms with Gasteiger partial charge in [0.2, 0.25) is 15.9 Å². The summed E-state index contributed by atoms with van der Waals surface area (Å²) in [5, 5.41) is 11.6. The molecule has 1 saturated heterocycles. The number of piperazine rings is 1. The number of benzene rings is 2. The Kier molecular flexibility index (Phi) is 6.24. The number of sulfonamides is 1. The monoisotopic (exact) mass is 477 g/mol. The molecule has 1 aliphatic heterocycles. The molecule has 4 rings (SSSR count). The van der Waals surface area contributed by atoms with E-state index in [1.54, 1.807) is 17.0 Å². The maximum absolute atomic E-state index is 13.6. The molecule has 1 aliphatic carbocycles. The second-order valence-corrected chi connectivity index (χ2v) is 10.6. The number of halogens is 1. The summed E-state index contributed by atoms with van der Waals surface area (Å²) in [6.07, 6.45) is 3.46. The lowest BCUT2D eigenvalue weighted by Crippen LogP contribution is -2.55. The normalized spacial score (nSPS) is 19.1. The highest BCUT2D eigenvalue weighted by atomic mass is 35.5. The molecule has 0 spiro atoms. The maximum Gasteiger partial charge on any atom is 0.270 e. The third kappa shape index (κ3) is 4.12. The predicted molar refractivity (Wildman–Crippen MR) is 120 cm³/mol. The Labute approximate surface area is 192 Å². The third-order valence-corrected chi connectivity index (χ3v) is 8.60. The van der Waals surface area contributed by atoms with Gasteiger partial charge in [-0.1, -0.05) is 42.6 Å². The van der Waals surface area contributed by atoms with Crippen LogP contribution in [0.3, 0.4) is 0 Å². The number of hydrogen-bond donors (Lipinski definition) is 0. The zero-order chi connectivity index (χ0) is 22.9. The van der Waals surface area contributed by atoms with Gasteiger partial charge in [-0.2, -0.15) is 4.31 Å². The zero-order valence-corrected chi connectivity index (χ0v) is 19.0. The van der Waals surface area contributed by atoms with Crippen LogP contribution in [0.5, 0.6) is 0 Å². The molecule has 2 aromatic rings. The third-order valence-electron chi connectivity index (χ3n) is 6.46. The van der Waals surface area contributed by atoms with Crippen molar-refractivity contribution in [3.05, 3.63) is 69.2 Å². The van der Waals surface area contributed by atoms with E-state index in [1.165, 1.54) is 22.5 Å². The number of non-ortho nitro benzene ring substituents is 1. The van der Waals surface area contributed by atoms with Gasteiger partial charge in [0.1, 0.15) is 0 Å². The van der Waals surface area contributed by atoms with E-state index in [-0.39, 0.29) is 42.7 Å². The van der Waals surface area contributed by atoms with E-state index in [0.717, 1.165) is 37.3 Å². The summed E-state index contributed by atoms with van der Waals surface area (Å²) in [6.45, 7) is 0.853. The molecule has 0 unspecified atom stereocenters. The van der Waals surface area contributed by atoms with E-state index in [4.69, 9.17) is 11.6 Å². The topological polar surface area (TPSA) is 101 Å². The van der Waals surface area contributed by atoms with Gasteiger partial charge in [0.05, 0.1) is 15.2 Å².